The number of amides is 2. The molecule has 0 bridgehead atoms. The Balaban J connectivity index is 1.22. The fourth-order valence-corrected chi connectivity index (χ4v) is 3.49. The molecular weight excluding hydrogens is 358 g/mol. The van der Waals surface area contributed by atoms with E-state index < -0.39 is 0 Å². The van der Waals surface area contributed by atoms with Gasteiger partial charge in [-0.25, -0.2) is 0 Å². The molecule has 2 aliphatic rings. The van der Waals surface area contributed by atoms with Crippen LogP contribution in [0.4, 0.5) is 11.4 Å². The molecule has 0 unspecified atom stereocenters. The van der Waals surface area contributed by atoms with Crippen molar-refractivity contribution in [2.45, 2.75) is 44.4 Å². The first-order valence-electron chi connectivity index (χ1n) is 9.80. The molecule has 2 N–H and O–H groups in total. The summed E-state index contributed by atoms with van der Waals surface area (Å²) in [7, 11) is 0. The van der Waals surface area contributed by atoms with Crippen molar-refractivity contribution < 1.29 is 14.0 Å². The van der Waals surface area contributed by atoms with Gasteiger partial charge in [-0.2, -0.15) is 0 Å². The van der Waals surface area contributed by atoms with Crippen LogP contribution in [0.1, 0.15) is 56.2 Å². The average Bonchev–Trinajstić information content (AvgIpc) is 3.41. The number of hydrogen-bond donors (Lipinski definition) is 2. The summed E-state index contributed by atoms with van der Waals surface area (Å²) in [6, 6.07) is 7.09. The van der Waals surface area contributed by atoms with E-state index in [4.69, 9.17) is 4.42 Å². The Bertz CT molecular complexity index is 836. The minimum absolute atomic E-state index is 0.0421. The number of rotatable bonds is 6. The van der Waals surface area contributed by atoms with Gasteiger partial charge in [0.25, 0.3) is 0 Å². The van der Waals surface area contributed by atoms with Crippen molar-refractivity contribution in [1.29, 1.82) is 0 Å². The van der Waals surface area contributed by atoms with Crippen LogP contribution in [0, 0.1) is 0 Å². The number of nitrogens with zero attached hydrogens (tertiary/aromatic N) is 3. The van der Waals surface area contributed by atoms with Gasteiger partial charge in [0.1, 0.15) is 0 Å². The Labute approximate surface area is 163 Å². The maximum atomic E-state index is 12.3. The van der Waals surface area contributed by atoms with Gasteiger partial charge < -0.3 is 15.1 Å². The van der Waals surface area contributed by atoms with Gasteiger partial charge in [0, 0.05) is 30.1 Å². The predicted octanol–water partition coefficient (Wildman–Crippen LogP) is 2.72. The Morgan fingerprint density at radius 3 is 2.04 bits per heavy atom. The van der Waals surface area contributed by atoms with Crippen LogP contribution in [0.15, 0.2) is 28.7 Å². The average molecular weight is 383 g/mol. The minimum Gasteiger partial charge on any atom is -0.425 e. The van der Waals surface area contributed by atoms with E-state index in [-0.39, 0.29) is 11.8 Å². The lowest BCUT2D eigenvalue weighted by Gasteiger charge is -2.29. The van der Waals surface area contributed by atoms with Gasteiger partial charge in [-0.3, -0.25) is 14.5 Å². The van der Waals surface area contributed by atoms with Crippen LogP contribution >= 0.6 is 0 Å². The molecule has 1 saturated carbocycles. The maximum absolute atomic E-state index is 12.3. The molecule has 2 heterocycles. The van der Waals surface area contributed by atoms with Crippen molar-refractivity contribution in [1.82, 2.24) is 15.1 Å². The molecule has 4 rings (SSSR count). The third kappa shape index (κ3) is 4.75. The number of aromatic nitrogens is 2. The van der Waals surface area contributed by atoms with Crippen molar-refractivity contribution in [2.75, 3.05) is 30.3 Å². The first-order valence-corrected chi connectivity index (χ1v) is 9.80. The van der Waals surface area contributed by atoms with Crippen molar-refractivity contribution in [3.63, 3.8) is 0 Å². The highest BCUT2D eigenvalue weighted by Crippen LogP contribution is 2.40. The molecule has 2 amide bonds. The molecule has 1 aromatic carbocycles. The normalized spacial score (nSPS) is 18.0. The molecule has 1 aliphatic heterocycles. The highest BCUT2D eigenvalue weighted by Gasteiger charge is 2.31. The molecule has 0 atom stereocenters. The fourth-order valence-electron chi connectivity index (χ4n) is 3.49. The van der Waals surface area contributed by atoms with Gasteiger partial charge in [0.15, 0.2) is 0 Å². The monoisotopic (exact) mass is 383 g/mol. The lowest BCUT2D eigenvalue weighted by molar-refractivity contribution is -0.117. The van der Waals surface area contributed by atoms with Gasteiger partial charge in [0.2, 0.25) is 23.6 Å². The highest BCUT2D eigenvalue weighted by atomic mass is 16.4. The van der Waals surface area contributed by atoms with Crippen LogP contribution in [0.25, 0.3) is 0 Å². The zero-order chi connectivity index (χ0) is 19.5. The Kier molecular flexibility index (Phi) is 5.38. The molecular formula is C20H25N5O3. The van der Waals surface area contributed by atoms with E-state index in [2.05, 4.69) is 25.7 Å². The molecule has 1 saturated heterocycles. The summed E-state index contributed by atoms with van der Waals surface area (Å²) in [5.74, 6) is 2.16. The van der Waals surface area contributed by atoms with Gasteiger partial charge in [-0.05, 0) is 63.0 Å². The summed E-state index contributed by atoms with van der Waals surface area (Å²) in [5.41, 5.74) is 1.42. The smallest absolute Gasteiger partial charge is 0.238 e. The van der Waals surface area contributed by atoms with Crippen molar-refractivity contribution in [3.05, 3.63) is 36.0 Å². The first-order chi connectivity index (χ1) is 13.6. The highest BCUT2D eigenvalue weighted by molar-refractivity contribution is 5.93. The number of nitrogens with one attached hydrogen (secondary N) is 2. The maximum Gasteiger partial charge on any atom is 0.238 e. The molecule has 148 valence electrons. The second kappa shape index (κ2) is 8.10. The molecule has 2 fully saturated rings. The lowest BCUT2D eigenvalue weighted by Crippen LogP contribution is -2.38. The van der Waals surface area contributed by atoms with Crippen LogP contribution in [-0.2, 0) is 9.59 Å². The van der Waals surface area contributed by atoms with Crippen LogP contribution < -0.4 is 10.6 Å². The second-order valence-corrected chi connectivity index (χ2v) is 7.61. The SMILES string of the molecule is CC(=O)Nc1ccc(NC(=O)CN2CCC(c3nnc(C4CC4)o3)CC2)cc1. The van der Waals surface area contributed by atoms with Crippen LogP contribution in [0.3, 0.4) is 0 Å². The third-order valence-corrected chi connectivity index (χ3v) is 5.18. The summed E-state index contributed by atoms with van der Waals surface area (Å²) in [6.45, 7) is 3.49. The quantitative estimate of drug-likeness (QED) is 0.795. The molecule has 1 aromatic heterocycles. The zero-order valence-electron chi connectivity index (χ0n) is 16.0. The Morgan fingerprint density at radius 2 is 1.50 bits per heavy atom. The predicted molar refractivity (Wildman–Crippen MR) is 104 cm³/mol. The molecule has 0 radical (unpaired) electrons. The number of carbonyl (C=O) groups excluding carboxylic acids is 2. The van der Waals surface area contributed by atoms with Crippen LogP contribution in [0.2, 0.25) is 0 Å². The standard InChI is InChI=1S/C20H25N5O3/c1-13(26)21-16-4-6-17(7-5-16)22-18(27)12-25-10-8-15(9-11-25)20-24-23-19(28-20)14-2-3-14/h4-7,14-15H,2-3,8-12H2,1H3,(H,21,26)(H,22,27). The third-order valence-electron chi connectivity index (χ3n) is 5.18. The minimum atomic E-state index is -0.121. The summed E-state index contributed by atoms with van der Waals surface area (Å²) < 4.78 is 5.83. The topological polar surface area (TPSA) is 100 Å². The Morgan fingerprint density at radius 1 is 0.964 bits per heavy atom. The van der Waals surface area contributed by atoms with E-state index in [1.165, 1.54) is 6.92 Å². The van der Waals surface area contributed by atoms with E-state index in [0.29, 0.717) is 29.8 Å². The van der Waals surface area contributed by atoms with Gasteiger partial charge in [0.05, 0.1) is 6.54 Å². The Hall–Kier alpha value is -2.74. The summed E-state index contributed by atoms with van der Waals surface area (Å²) >= 11 is 0. The number of anilines is 2. The van der Waals surface area contributed by atoms with Crippen molar-refractivity contribution in [3.8, 4) is 0 Å². The summed E-state index contributed by atoms with van der Waals surface area (Å²) in [6.07, 6.45) is 4.16. The number of likely N-dealkylation sites (tertiary alicyclic amines) is 1. The van der Waals surface area contributed by atoms with Crippen molar-refractivity contribution >= 4 is 23.2 Å². The number of benzene rings is 1. The number of carbonyl (C=O) groups is 2. The van der Waals surface area contributed by atoms with Gasteiger partial charge in [-0.1, -0.05) is 0 Å². The first kappa shape index (κ1) is 18.6. The van der Waals surface area contributed by atoms with Crippen LogP contribution in [0.5, 0.6) is 0 Å². The summed E-state index contributed by atoms with van der Waals surface area (Å²) in [5, 5.41) is 14.0. The van der Waals surface area contributed by atoms with E-state index in [0.717, 1.165) is 50.6 Å². The molecule has 28 heavy (non-hydrogen) atoms. The molecule has 2 aromatic rings. The molecule has 1 aliphatic carbocycles. The van der Waals surface area contributed by atoms with Crippen molar-refractivity contribution in [2.24, 2.45) is 0 Å². The number of hydrogen-bond acceptors (Lipinski definition) is 6. The molecule has 0 spiro atoms. The largest absolute Gasteiger partial charge is 0.425 e. The van der Waals surface area contributed by atoms with E-state index in [9.17, 15) is 9.59 Å². The second-order valence-electron chi connectivity index (χ2n) is 7.61. The van der Waals surface area contributed by atoms with E-state index >= 15 is 0 Å². The molecule has 8 heteroatoms. The van der Waals surface area contributed by atoms with E-state index in [1.54, 1.807) is 24.3 Å². The lowest BCUT2D eigenvalue weighted by atomic mass is 9.97. The summed E-state index contributed by atoms with van der Waals surface area (Å²) in [4.78, 5) is 25.5. The number of piperidine rings is 1. The fraction of sp³-hybridized carbons (Fsp3) is 0.500. The zero-order valence-corrected chi connectivity index (χ0v) is 16.0. The van der Waals surface area contributed by atoms with Crippen LogP contribution in [-0.4, -0.2) is 46.5 Å². The molecule has 8 nitrogen and oxygen atoms in total. The van der Waals surface area contributed by atoms with Gasteiger partial charge >= 0.3 is 0 Å². The van der Waals surface area contributed by atoms with E-state index in [1.807, 2.05) is 0 Å². The van der Waals surface area contributed by atoms with Gasteiger partial charge in [-0.15, -0.1) is 10.2 Å².